The first-order valence-electron chi connectivity index (χ1n) is 8.40. The van der Waals surface area contributed by atoms with Crippen LogP contribution >= 0.6 is 0 Å². The minimum Gasteiger partial charge on any atom is -0.406 e. The van der Waals surface area contributed by atoms with Crippen molar-refractivity contribution >= 4 is 15.9 Å². The van der Waals surface area contributed by atoms with Gasteiger partial charge in [-0.05, 0) is 28.1 Å². The molecule has 0 atom stereocenters. The zero-order chi connectivity index (χ0) is 22.6. The van der Waals surface area contributed by atoms with Gasteiger partial charge in [-0.3, -0.25) is 4.79 Å². The summed E-state index contributed by atoms with van der Waals surface area (Å²) in [5, 5.41) is 17.4. The Morgan fingerprint density at radius 3 is 2.55 bits per heavy atom. The van der Waals surface area contributed by atoms with Crippen molar-refractivity contribution in [3.63, 3.8) is 0 Å². The third-order valence-electron chi connectivity index (χ3n) is 3.55. The molecule has 0 unspecified atom stereocenters. The fourth-order valence-electron chi connectivity index (χ4n) is 2.26. The molecule has 2 heterocycles. The minimum absolute atomic E-state index is 0.0780. The molecule has 0 bridgehead atoms. The maximum atomic E-state index is 12.3. The molecule has 16 heteroatoms. The van der Waals surface area contributed by atoms with E-state index in [0.717, 1.165) is 28.0 Å². The highest BCUT2D eigenvalue weighted by atomic mass is 32.2. The van der Waals surface area contributed by atoms with E-state index in [9.17, 15) is 26.4 Å². The van der Waals surface area contributed by atoms with Crippen LogP contribution in [0.25, 0.3) is 0 Å². The summed E-state index contributed by atoms with van der Waals surface area (Å²) in [5.41, 5.74) is 0.587. The average molecular weight is 460 g/mol. The minimum atomic E-state index is -4.82. The number of ether oxygens (including phenoxy) is 1. The highest BCUT2D eigenvalue weighted by molar-refractivity contribution is 7.88. The largest absolute Gasteiger partial charge is 0.573 e. The summed E-state index contributed by atoms with van der Waals surface area (Å²) in [6, 6.07) is 5.16. The third-order valence-corrected chi connectivity index (χ3v) is 4.22. The number of carbonyl (C=O) groups excluding carboxylic acids is 1. The molecule has 0 aliphatic carbocycles. The van der Waals surface area contributed by atoms with Gasteiger partial charge in [0, 0.05) is 6.54 Å². The van der Waals surface area contributed by atoms with Crippen molar-refractivity contribution in [1.29, 1.82) is 0 Å². The zero-order valence-electron chi connectivity index (χ0n) is 15.7. The fourth-order valence-corrected chi connectivity index (χ4v) is 2.67. The van der Waals surface area contributed by atoms with Crippen LogP contribution in [0.2, 0.25) is 0 Å². The first-order chi connectivity index (χ1) is 14.5. The van der Waals surface area contributed by atoms with Crippen molar-refractivity contribution < 1.29 is 31.1 Å². The molecule has 12 nitrogen and oxygen atoms in total. The fraction of sp³-hybridized carbons (Fsp3) is 0.267. The molecule has 3 rings (SSSR count). The molecule has 0 saturated heterocycles. The summed E-state index contributed by atoms with van der Waals surface area (Å²) in [6.45, 7) is -0.163. The number of benzene rings is 1. The van der Waals surface area contributed by atoms with Gasteiger partial charge < -0.3 is 10.1 Å². The number of aromatic nitrogens is 6. The number of nitrogens with one attached hydrogen (secondary N) is 2. The predicted molar refractivity (Wildman–Crippen MR) is 96.8 cm³/mol. The van der Waals surface area contributed by atoms with Crippen LogP contribution in [0.15, 0.2) is 36.7 Å². The van der Waals surface area contributed by atoms with Gasteiger partial charge in [-0.15, -0.1) is 33.0 Å². The normalized spacial score (nSPS) is 12.0. The molecule has 0 fully saturated rings. The maximum absolute atomic E-state index is 12.3. The van der Waals surface area contributed by atoms with Gasteiger partial charge in [-0.1, -0.05) is 12.1 Å². The number of hydrogen-bond donors (Lipinski definition) is 2. The average Bonchev–Trinajstić information content (AvgIpc) is 3.32. The van der Waals surface area contributed by atoms with E-state index in [1.165, 1.54) is 24.5 Å². The molecule has 0 aliphatic heterocycles. The lowest BCUT2D eigenvalue weighted by Crippen LogP contribution is -2.23. The first-order valence-corrected chi connectivity index (χ1v) is 10.3. The molecule has 2 N–H and O–H groups in total. The van der Waals surface area contributed by atoms with Gasteiger partial charge in [-0.2, -0.15) is 0 Å². The number of rotatable bonds is 8. The SMILES string of the molecule is CS(=O)(=O)NCc1cn(-n2cc(C(=O)NCc3cccc(OC(F)(F)F)c3)nn2)nn1. The summed E-state index contributed by atoms with van der Waals surface area (Å²) < 4.78 is 65.2. The molecule has 1 amide bonds. The Morgan fingerprint density at radius 1 is 1.13 bits per heavy atom. The lowest BCUT2D eigenvalue weighted by Gasteiger charge is -2.10. The van der Waals surface area contributed by atoms with Crippen molar-refractivity contribution in [2.75, 3.05) is 6.26 Å². The molecule has 3 aromatic rings. The molecule has 2 aromatic heterocycles. The van der Waals surface area contributed by atoms with Crippen LogP contribution in [0, 0.1) is 0 Å². The number of hydrogen-bond acceptors (Lipinski definition) is 8. The van der Waals surface area contributed by atoms with E-state index in [2.05, 4.69) is 35.4 Å². The third kappa shape index (κ3) is 6.75. The molecular weight excluding hydrogens is 445 g/mol. The van der Waals surface area contributed by atoms with E-state index in [4.69, 9.17) is 0 Å². The lowest BCUT2D eigenvalue weighted by atomic mass is 10.2. The molecule has 0 saturated carbocycles. The topological polar surface area (TPSA) is 146 Å². The number of sulfonamides is 1. The van der Waals surface area contributed by atoms with Gasteiger partial charge in [0.15, 0.2) is 5.69 Å². The van der Waals surface area contributed by atoms with Crippen molar-refractivity contribution in [2.24, 2.45) is 0 Å². The molecule has 1 aromatic carbocycles. The van der Waals surface area contributed by atoms with Gasteiger partial charge in [0.1, 0.15) is 5.75 Å². The Bertz CT molecular complexity index is 1170. The second-order valence-electron chi connectivity index (χ2n) is 6.13. The number of nitrogens with zero attached hydrogens (tertiary/aromatic N) is 6. The second kappa shape index (κ2) is 8.68. The van der Waals surface area contributed by atoms with E-state index in [-0.39, 0.29) is 18.8 Å². The van der Waals surface area contributed by atoms with Crippen molar-refractivity contribution in [2.45, 2.75) is 19.5 Å². The van der Waals surface area contributed by atoms with Gasteiger partial charge in [-0.25, -0.2) is 13.1 Å². The van der Waals surface area contributed by atoms with Crippen LogP contribution in [-0.2, 0) is 23.1 Å². The van der Waals surface area contributed by atoms with Crippen LogP contribution in [0.3, 0.4) is 0 Å². The van der Waals surface area contributed by atoms with Crippen LogP contribution in [-0.4, -0.2) is 57.1 Å². The smallest absolute Gasteiger partial charge is 0.406 e. The first kappa shape index (κ1) is 22.2. The van der Waals surface area contributed by atoms with E-state index in [0.29, 0.717) is 11.3 Å². The highest BCUT2D eigenvalue weighted by Crippen LogP contribution is 2.23. The Balaban J connectivity index is 1.60. The highest BCUT2D eigenvalue weighted by Gasteiger charge is 2.31. The second-order valence-corrected chi connectivity index (χ2v) is 7.96. The summed E-state index contributed by atoms with van der Waals surface area (Å²) in [5.74, 6) is -1.04. The molecule has 0 aliphatic rings. The van der Waals surface area contributed by atoms with Gasteiger partial charge in [0.25, 0.3) is 5.91 Å². The summed E-state index contributed by atoms with van der Waals surface area (Å²) >= 11 is 0. The Labute approximate surface area is 173 Å². The summed E-state index contributed by atoms with van der Waals surface area (Å²) in [7, 11) is -3.40. The Hall–Kier alpha value is -3.53. The molecule has 166 valence electrons. The lowest BCUT2D eigenvalue weighted by molar-refractivity contribution is -0.274. The standard InChI is InChI=1S/C15H15F3N8O4S/c1-31(28,29)20-7-11-8-25(23-21-11)26-9-13(22-24-26)14(27)19-6-10-3-2-4-12(5-10)30-15(16,17)18/h2-5,8-9,20H,6-7H2,1H3,(H,19,27). The monoisotopic (exact) mass is 460 g/mol. The van der Waals surface area contributed by atoms with Crippen molar-refractivity contribution in [1.82, 2.24) is 40.2 Å². The molecule has 0 spiro atoms. The van der Waals surface area contributed by atoms with E-state index < -0.39 is 28.0 Å². The quantitative estimate of drug-likeness (QED) is 0.480. The Kier molecular flexibility index (Phi) is 6.21. The zero-order valence-corrected chi connectivity index (χ0v) is 16.6. The van der Waals surface area contributed by atoms with Gasteiger partial charge >= 0.3 is 6.36 Å². The van der Waals surface area contributed by atoms with Crippen molar-refractivity contribution in [3.05, 3.63) is 53.6 Å². The number of carbonyl (C=O) groups is 1. The van der Waals surface area contributed by atoms with Crippen LogP contribution < -0.4 is 14.8 Å². The molecule has 0 radical (unpaired) electrons. The number of amides is 1. The maximum Gasteiger partial charge on any atom is 0.573 e. The van der Waals surface area contributed by atoms with E-state index in [1.54, 1.807) is 0 Å². The van der Waals surface area contributed by atoms with Gasteiger partial charge in [0.05, 0.1) is 30.9 Å². The van der Waals surface area contributed by atoms with Crippen LogP contribution in [0.1, 0.15) is 21.7 Å². The van der Waals surface area contributed by atoms with E-state index in [1.807, 2.05) is 0 Å². The predicted octanol–water partition coefficient (Wildman–Crippen LogP) is 0.0588. The summed E-state index contributed by atoms with van der Waals surface area (Å²) in [6.07, 6.45) is -1.20. The molecule has 31 heavy (non-hydrogen) atoms. The van der Waals surface area contributed by atoms with Gasteiger partial charge in [0.2, 0.25) is 10.0 Å². The van der Waals surface area contributed by atoms with Crippen LogP contribution in [0.5, 0.6) is 5.75 Å². The molecular formula is C15H15F3N8O4S. The van der Waals surface area contributed by atoms with Crippen LogP contribution in [0.4, 0.5) is 13.2 Å². The number of halogens is 3. The number of alkyl halides is 3. The van der Waals surface area contributed by atoms with E-state index >= 15 is 0 Å². The Morgan fingerprint density at radius 2 is 1.84 bits per heavy atom. The summed E-state index contributed by atoms with van der Waals surface area (Å²) in [4.78, 5) is 14.4. The van der Waals surface area contributed by atoms with Crippen molar-refractivity contribution in [3.8, 4) is 5.75 Å².